The highest BCUT2D eigenvalue weighted by molar-refractivity contribution is 7.98. The number of halogens is 2. The summed E-state index contributed by atoms with van der Waals surface area (Å²) in [6.07, 6.45) is 5.29. The van der Waals surface area contributed by atoms with Crippen molar-refractivity contribution in [3.63, 3.8) is 0 Å². The lowest BCUT2D eigenvalue weighted by Gasteiger charge is -2.10. The summed E-state index contributed by atoms with van der Waals surface area (Å²) in [5, 5.41) is 5.68. The van der Waals surface area contributed by atoms with E-state index in [9.17, 15) is 8.78 Å². The van der Waals surface area contributed by atoms with Crippen molar-refractivity contribution in [1.29, 1.82) is 0 Å². The summed E-state index contributed by atoms with van der Waals surface area (Å²) in [5.74, 6) is 0.0393. The molecule has 0 aromatic carbocycles. The molecular formula is C13H21F2N3S. The molecule has 0 aliphatic rings. The first-order valence-corrected chi connectivity index (χ1v) is 7.91. The fraction of sp³-hybridized carbons (Fsp3) is 0.615. The Labute approximate surface area is 117 Å². The van der Waals surface area contributed by atoms with Crippen LogP contribution >= 0.6 is 11.8 Å². The van der Waals surface area contributed by atoms with Crippen LogP contribution in [0.4, 0.5) is 20.4 Å². The third kappa shape index (κ3) is 5.63. The zero-order valence-electron chi connectivity index (χ0n) is 11.4. The number of aromatic nitrogens is 1. The number of pyridine rings is 1. The molecular weight excluding hydrogens is 268 g/mol. The number of hydrogen-bond acceptors (Lipinski definition) is 4. The Hall–Kier alpha value is -1.04. The van der Waals surface area contributed by atoms with Crippen LogP contribution in [0.2, 0.25) is 0 Å². The zero-order valence-corrected chi connectivity index (χ0v) is 12.2. The van der Waals surface area contributed by atoms with Gasteiger partial charge in [0.2, 0.25) is 0 Å². The molecule has 19 heavy (non-hydrogen) atoms. The lowest BCUT2D eigenvalue weighted by molar-refractivity contribution is 0.577. The predicted octanol–water partition coefficient (Wildman–Crippen LogP) is 3.74. The molecule has 6 heteroatoms. The van der Waals surface area contributed by atoms with Gasteiger partial charge in [-0.25, -0.2) is 13.8 Å². The maximum Gasteiger partial charge on any atom is 0.168 e. The SMILES string of the molecule is CCNc1nc(NCCCCCSC)c(F)cc1F. The summed E-state index contributed by atoms with van der Waals surface area (Å²) in [6, 6.07) is 0.862. The molecule has 0 atom stereocenters. The highest BCUT2D eigenvalue weighted by Crippen LogP contribution is 2.18. The van der Waals surface area contributed by atoms with Crippen LogP contribution in [0.25, 0.3) is 0 Å². The molecule has 2 N–H and O–H groups in total. The maximum absolute atomic E-state index is 13.5. The molecule has 0 fully saturated rings. The Balaban J connectivity index is 2.46. The van der Waals surface area contributed by atoms with Crippen LogP contribution in [0.5, 0.6) is 0 Å². The number of unbranched alkanes of at least 4 members (excludes halogenated alkanes) is 2. The van der Waals surface area contributed by atoms with E-state index in [4.69, 9.17) is 0 Å². The monoisotopic (exact) mass is 289 g/mol. The molecule has 1 aromatic heterocycles. The van der Waals surface area contributed by atoms with Gasteiger partial charge < -0.3 is 10.6 Å². The van der Waals surface area contributed by atoms with Crippen LogP contribution in [0.1, 0.15) is 26.2 Å². The summed E-state index contributed by atoms with van der Waals surface area (Å²) < 4.78 is 26.9. The van der Waals surface area contributed by atoms with Gasteiger partial charge in [0.15, 0.2) is 23.3 Å². The number of hydrogen-bond donors (Lipinski definition) is 2. The second kappa shape index (κ2) is 8.96. The third-order valence-corrected chi connectivity index (χ3v) is 3.29. The van der Waals surface area contributed by atoms with Crippen molar-refractivity contribution in [2.75, 3.05) is 35.7 Å². The Bertz CT molecular complexity index is 388. The molecule has 0 saturated carbocycles. The van der Waals surface area contributed by atoms with Gasteiger partial charge in [-0.15, -0.1) is 0 Å². The van der Waals surface area contributed by atoms with Crippen LogP contribution < -0.4 is 10.6 Å². The average molecular weight is 289 g/mol. The van der Waals surface area contributed by atoms with Crippen LogP contribution in [-0.4, -0.2) is 30.1 Å². The number of nitrogens with zero attached hydrogens (tertiary/aromatic N) is 1. The van der Waals surface area contributed by atoms with Crippen LogP contribution in [0, 0.1) is 11.6 Å². The second-order valence-corrected chi connectivity index (χ2v) is 5.15. The third-order valence-electron chi connectivity index (χ3n) is 2.59. The van der Waals surface area contributed by atoms with Gasteiger partial charge in [-0.1, -0.05) is 6.42 Å². The van der Waals surface area contributed by atoms with E-state index in [1.54, 1.807) is 0 Å². The molecule has 0 unspecified atom stereocenters. The minimum atomic E-state index is -0.662. The molecule has 0 saturated heterocycles. The normalized spacial score (nSPS) is 10.5. The molecule has 108 valence electrons. The molecule has 0 spiro atoms. The Morgan fingerprint density at radius 1 is 1.11 bits per heavy atom. The average Bonchev–Trinajstić information content (AvgIpc) is 2.38. The van der Waals surface area contributed by atoms with Gasteiger partial charge in [0.05, 0.1) is 0 Å². The Kier molecular flexibility index (Phi) is 7.55. The van der Waals surface area contributed by atoms with E-state index in [1.807, 2.05) is 18.7 Å². The standard InChI is InChI=1S/C13H21F2N3S/c1-3-16-12-10(14)9-11(15)13(18-12)17-7-5-4-6-8-19-2/h9H,3-8H2,1-2H3,(H2,16,17,18). The second-order valence-electron chi connectivity index (χ2n) is 4.16. The molecule has 0 aliphatic heterocycles. The topological polar surface area (TPSA) is 37.0 Å². The van der Waals surface area contributed by atoms with Crippen LogP contribution in [0.3, 0.4) is 0 Å². The molecule has 1 rings (SSSR count). The summed E-state index contributed by atoms with van der Waals surface area (Å²) in [7, 11) is 0. The summed E-state index contributed by atoms with van der Waals surface area (Å²) in [5.41, 5.74) is 0. The van der Waals surface area contributed by atoms with Crippen molar-refractivity contribution in [1.82, 2.24) is 4.98 Å². The highest BCUT2D eigenvalue weighted by Gasteiger charge is 2.10. The van der Waals surface area contributed by atoms with Gasteiger partial charge in [-0.3, -0.25) is 0 Å². The first-order chi connectivity index (χ1) is 9.19. The quantitative estimate of drug-likeness (QED) is 0.679. The molecule has 0 bridgehead atoms. The molecule has 0 aliphatic carbocycles. The van der Waals surface area contributed by atoms with E-state index in [1.165, 1.54) is 0 Å². The molecule has 1 aromatic rings. The van der Waals surface area contributed by atoms with E-state index in [0.717, 1.165) is 31.1 Å². The van der Waals surface area contributed by atoms with E-state index in [-0.39, 0.29) is 11.6 Å². The lowest BCUT2D eigenvalue weighted by Crippen LogP contribution is -2.09. The predicted molar refractivity (Wildman–Crippen MR) is 79.0 cm³/mol. The van der Waals surface area contributed by atoms with Crippen molar-refractivity contribution in [3.8, 4) is 0 Å². The largest absolute Gasteiger partial charge is 0.368 e. The van der Waals surface area contributed by atoms with Crippen LogP contribution in [-0.2, 0) is 0 Å². The summed E-state index contributed by atoms with van der Waals surface area (Å²) >= 11 is 1.82. The van der Waals surface area contributed by atoms with Gasteiger partial charge in [-0.05, 0) is 31.8 Å². The highest BCUT2D eigenvalue weighted by atomic mass is 32.2. The Morgan fingerprint density at radius 2 is 1.79 bits per heavy atom. The van der Waals surface area contributed by atoms with Crippen molar-refractivity contribution in [3.05, 3.63) is 17.7 Å². The van der Waals surface area contributed by atoms with Crippen molar-refractivity contribution in [2.24, 2.45) is 0 Å². The first-order valence-electron chi connectivity index (χ1n) is 6.51. The van der Waals surface area contributed by atoms with Crippen molar-refractivity contribution in [2.45, 2.75) is 26.2 Å². The first kappa shape index (κ1) is 16.0. The number of anilines is 2. The van der Waals surface area contributed by atoms with Gasteiger partial charge in [0.25, 0.3) is 0 Å². The van der Waals surface area contributed by atoms with E-state index >= 15 is 0 Å². The van der Waals surface area contributed by atoms with Gasteiger partial charge >= 0.3 is 0 Å². The smallest absolute Gasteiger partial charge is 0.168 e. The van der Waals surface area contributed by atoms with Crippen molar-refractivity contribution >= 4 is 23.4 Å². The molecule has 3 nitrogen and oxygen atoms in total. The fourth-order valence-corrected chi connectivity index (χ4v) is 2.13. The number of thioether (sulfide) groups is 1. The van der Waals surface area contributed by atoms with Crippen molar-refractivity contribution < 1.29 is 8.78 Å². The minimum absolute atomic E-state index is 0.0915. The number of rotatable bonds is 9. The maximum atomic E-state index is 13.5. The van der Waals surface area contributed by atoms with E-state index in [2.05, 4.69) is 21.9 Å². The Morgan fingerprint density at radius 3 is 2.42 bits per heavy atom. The molecule has 0 amide bonds. The summed E-state index contributed by atoms with van der Waals surface area (Å²) in [6.45, 7) is 3.03. The van der Waals surface area contributed by atoms with Crippen LogP contribution in [0.15, 0.2) is 6.07 Å². The molecule has 1 heterocycles. The van der Waals surface area contributed by atoms with E-state index < -0.39 is 11.6 Å². The zero-order chi connectivity index (χ0) is 14.1. The summed E-state index contributed by atoms with van der Waals surface area (Å²) in [4.78, 5) is 3.92. The fourth-order valence-electron chi connectivity index (χ4n) is 1.64. The van der Waals surface area contributed by atoms with Gasteiger partial charge in [-0.2, -0.15) is 11.8 Å². The number of nitrogens with one attached hydrogen (secondary N) is 2. The minimum Gasteiger partial charge on any atom is -0.368 e. The van der Waals surface area contributed by atoms with Gasteiger partial charge in [0.1, 0.15) is 0 Å². The van der Waals surface area contributed by atoms with Gasteiger partial charge in [0, 0.05) is 19.2 Å². The molecule has 0 radical (unpaired) electrons. The lowest BCUT2D eigenvalue weighted by atomic mass is 10.2. The van der Waals surface area contributed by atoms with E-state index in [0.29, 0.717) is 13.1 Å².